The highest BCUT2D eigenvalue weighted by atomic mass is 35.5. The molecule has 1 saturated heterocycles. The van der Waals surface area contributed by atoms with Crippen molar-refractivity contribution in [2.45, 2.75) is 33.1 Å². The van der Waals surface area contributed by atoms with Gasteiger partial charge in [0.15, 0.2) is 0 Å². The largest absolute Gasteiger partial charge is 0.351 e. The van der Waals surface area contributed by atoms with Crippen LogP contribution in [0.15, 0.2) is 30.5 Å². The van der Waals surface area contributed by atoms with Crippen molar-refractivity contribution in [1.82, 2.24) is 20.4 Å². The van der Waals surface area contributed by atoms with Crippen LogP contribution in [0.5, 0.6) is 0 Å². The van der Waals surface area contributed by atoms with Gasteiger partial charge in [-0.2, -0.15) is 5.10 Å². The normalized spacial score (nSPS) is 16.6. The zero-order valence-electron chi connectivity index (χ0n) is 14.8. The average molecular weight is 361 g/mol. The number of benzene rings is 1. The summed E-state index contributed by atoms with van der Waals surface area (Å²) in [5.74, 6) is -0.0510. The predicted molar refractivity (Wildman–Crippen MR) is 100 cm³/mol. The first kappa shape index (κ1) is 18.0. The van der Waals surface area contributed by atoms with Crippen LogP contribution in [0.1, 0.15) is 42.7 Å². The van der Waals surface area contributed by atoms with Crippen molar-refractivity contribution in [3.8, 4) is 5.69 Å². The Balaban J connectivity index is 1.77. The van der Waals surface area contributed by atoms with Gasteiger partial charge in [0, 0.05) is 11.6 Å². The van der Waals surface area contributed by atoms with Gasteiger partial charge < -0.3 is 10.6 Å². The number of hydrogen-bond acceptors (Lipinski definition) is 3. The van der Waals surface area contributed by atoms with Crippen LogP contribution < -0.4 is 10.6 Å². The third-order valence-electron chi connectivity index (χ3n) is 4.99. The van der Waals surface area contributed by atoms with Gasteiger partial charge in [-0.05, 0) is 56.0 Å². The van der Waals surface area contributed by atoms with E-state index in [-0.39, 0.29) is 11.3 Å². The summed E-state index contributed by atoms with van der Waals surface area (Å²) < 4.78 is 1.80. The number of carbonyl (C=O) groups excluding carboxylic acids is 1. The topological polar surface area (TPSA) is 59.0 Å². The Morgan fingerprint density at radius 2 is 2.16 bits per heavy atom. The third kappa shape index (κ3) is 4.05. The Bertz CT molecular complexity index is 750. The molecule has 134 valence electrons. The molecule has 2 aromatic rings. The Kier molecular flexibility index (Phi) is 5.45. The number of amides is 1. The molecule has 0 atom stereocenters. The minimum absolute atomic E-state index is 0.0510. The van der Waals surface area contributed by atoms with Crippen LogP contribution in [0.25, 0.3) is 5.69 Å². The smallest absolute Gasteiger partial charge is 0.254 e. The molecule has 0 spiro atoms. The summed E-state index contributed by atoms with van der Waals surface area (Å²) in [6, 6.07) is 7.51. The maximum Gasteiger partial charge on any atom is 0.254 e. The molecule has 5 nitrogen and oxygen atoms in total. The molecule has 2 N–H and O–H groups in total. The van der Waals surface area contributed by atoms with Crippen LogP contribution in [0.2, 0.25) is 5.02 Å². The lowest BCUT2D eigenvalue weighted by Gasteiger charge is -2.34. The Morgan fingerprint density at radius 3 is 2.84 bits per heavy atom. The first-order valence-electron chi connectivity index (χ1n) is 8.84. The number of aromatic nitrogens is 2. The van der Waals surface area contributed by atoms with Crippen LogP contribution in [-0.2, 0) is 6.42 Å². The van der Waals surface area contributed by atoms with Gasteiger partial charge >= 0.3 is 0 Å². The average Bonchev–Trinajstić information content (AvgIpc) is 3.04. The molecular formula is C19H25ClN4O. The van der Waals surface area contributed by atoms with Crippen LogP contribution in [0, 0.1) is 5.41 Å². The molecule has 0 radical (unpaired) electrons. The molecule has 0 unspecified atom stereocenters. The second kappa shape index (κ2) is 7.58. The van der Waals surface area contributed by atoms with Gasteiger partial charge in [-0.3, -0.25) is 4.79 Å². The summed E-state index contributed by atoms with van der Waals surface area (Å²) in [6.45, 7) is 6.99. The number of nitrogens with zero attached hydrogens (tertiary/aromatic N) is 2. The molecule has 0 bridgehead atoms. The van der Waals surface area contributed by atoms with Crippen molar-refractivity contribution in [2.24, 2.45) is 5.41 Å². The molecule has 3 rings (SSSR count). The summed E-state index contributed by atoms with van der Waals surface area (Å²) >= 11 is 6.09. The molecule has 1 aromatic heterocycles. The fraction of sp³-hybridized carbons (Fsp3) is 0.474. The molecular weight excluding hydrogens is 336 g/mol. The van der Waals surface area contributed by atoms with E-state index in [0.29, 0.717) is 17.1 Å². The van der Waals surface area contributed by atoms with Crippen molar-refractivity contribution in [2.75, 3.05) is 19.6 Å². The number of nitrogens with one attached hydrogen (secondary N) is 2. The Morgan fingerprint density at radius 1 is 1.40 bits per heavy atom. The Labute approximate surface area is 153 Å². The summed E-state index contributed by atoms with van der Waals surface area (Å²) in [5, 5.41) is 11.6. The summed E-state index contributed by atoms with van der Waals surface area (Å²) in [7, 11) is 0. The lowest BCUT2D eigenvalue weighted by molar-refractivity contribution is 0.0921. The highest BCUT2D eigenvalue weighted by Crippen LogP contribution is 2.27. The lowest BCUT2D eigenvalue weighted by atomic mass is 9.81. The van der Waals surface area contributed by atoms with E-state index in [9.17, 15) is 4.79 Å². The summed E-state index contributed by atoms with van der Waals surface area (Å²) in [6.07, 6.45) is 4.53. The van der Waals surface area contributed by atoms with Gasteiger partial charge in [-0.25, -0.2) is 4.68 Å². The van der Waals surface area contributed by atoms with Crippen LogP contribution in [0.3, 0.4) is 0 Å². The third-order valence-corrected chi connectivity index (χ3v) is 5.22. The number of carbonyl (C=O) groups is 1. The lowest BCUT2D eigenvalue weighted by Crippen LogP contribution is -2.43. The quantitative estimate of drug-likeness (QED) is 0.860. The SMILES string of the molecule is CCc1c(C(=O)NCC2(C)CCNCC2)cnn1-c1cccc(Cl)c1. The van der Waals surface area contributed by atoms with Gasteiger partial charge in [0.2, 0.25) is 0 Å². The summed E-state index contributed by atoms with van der Waals surface area (Å²) in [4.78, 5) is 12.7. The van der Waals surface area contributed by atoms with E-state index in [1.807, 2.05) is 31.2 Å². The molecule has 0 aliphatic carbocycles. The number of hydrogen-bond donors (Lipinski definition) is 2. The molecule has 1 amide bonds. The minimum Gasteiger partial charge on any atom is -0.351 e. The molecule has 1 aromatic carbocycles. The van der Waals surface area contributed by atoms with E-state index < -0.39 is 0 Å². The van der Waals surface area contributed by atoms with Gasteiger partial charge in [-0.1, -0.05) is 31.5 Å². The molecule has 1 fully saturated rings. The fourth-order valence-electron chi connectivity index (χ4n) is 3.33. The van der Waals surface area contributed by atoms with E-state index in [0.717, 1.165) is 43.7 Å². The van der Waals surface area contributed by atoms with E-state index in [4.69, 9.17) is 11.6 Å². The number of rotatable bonds is 5. The fourth-order valence-corrected chi connectivity index (χ4v) is 3.51. The van der Waals surface area contributed by atoms with E-state index in [2.05, 4.69) is 22.7 Å². The highest BCUT2D eigenvalue weighted by Gasteiger charge is 2.28. The van der Waals surface area contributed by atoms with Crippen molar-refractivity contribution in [1.29, 1.82) is 0 Å². The zero-order valence-corrected chi connectivity index (χ0v) is 15.6. The molecule has 1 aliphatic heterocycles. The monoisotopic (exact) mass is 360 g/mol. The minimum atomic E-state index is -0.0510. The Hall–Kier alpha value is -1.85. The second-order valence-electron chi connectivity index (χ2n) is 6.99. The standard InChI is InChI=1S/C19H25ClN4O/c1-3-17-16(12-23-24(17)15-6-4-5-14(20)11-15)18(25)22-13-19(2)7-9-21-10-8-19/h4-6,11-12,21H,3,7-10,13H2,1-2H3,(H,22,25). The van der Waals surface area contributed by atoms with Crippen molar-refractivity contribution in [3.63, 3.8) is 0 Å². The number of halogens is 1. The number of piperidine rings is 1. The molecule has 0 saturated carbocycles. The molecule has 6 heteroatoms. The first-order chi connectivity index (χ1) is 12.0. The first-order valence-corrected chi connectivity index (χ1v) is 9.22. The van der Waals surface area contributed by atoms with Crippen LogP contribution in [0.4, 0.5) is 0 Å². The predicted octanol–water partition coefficient (Wildman–Crippen LogP) is 3.21. The van der Waals surface area contributed by atoms with E-state index >= 15 is 0 Å². The summed E-state index contributed by atoms with van der Waals surface area (Å²) in [5.41, 5.74) is 2.57. The molecule has 25 heavy (non-hydrogen) atoms. The molecule has 1 aliphatic rings. The van der Waals surface area contributed by atoms with Gasteiger partial charge in [-0.15, -0.1) is 0 Å². The van der Waals surface area contributed by atoms with Crippen molar-refractivity contribution >= 4 is 17.5 Å². The maximum atomic E-state index is 12.7. The van der Waals surface area contributed by atoms with Gasteiger partial charge in [0.1, 0.15) is 0 Å². The van der Waals surface area contributed by atoms with Crippen molar-refractivity contribution < 1.29 is 4.79 Å². The molecule has 2 heterocycles. The highest BCUT2D eigenvalue weighted by molar-refractivity contribution is 6.30. The zero-order chi connectivity index (χ0) is 17.9. The van der Waals surface area contributed by atoms with E-state index in [1.165, 1.54) is 0 Å². The van der Waals surface area contributed by atoms with Gasteiger partial charge in [0.05, 0.1) is 23.1 Å². The second-order valence-corrected chi connectivity index (χ2v) is 7.43. The van der Waals surface area contributed by atoms with Crippen molar-refractivity contribution in [3.05, 3.63) is 46.7 Å². The van der Waals surface area contributed by atoms with E-state index in [1.54, 1.807) is 10.9 Å². The van der Waals surface area contributed by atoms with Crippen LogP contribution >= 0.6 is 11.6 Å². The van der Waals surface area contributed by atoms with Gasteiger partial charge in [0.25, 0.3) is 5.91 Å². The van der Waals surface area contributed by atoms with Crippen LogP contribution in [-0.4, -0.2) is 35.3 Å². The maximum absolute atomic E-state index is 12.7.